The number of ether oxygens (including phenoxy) is 1. The summed E-state index contributed by atoms with van der Waals surface area (Å²) >= 11 is 0. The number of aryl methyl sites for hydroxylation is 1. The van der Waals surface area contributed by atoms with Crippen molar-refractivity contribution in [1.82, 2.24) is 10.1 Å². The number of rotatable bonds is 5. The SMILES string of the molecule is Cc1cc(C(=O)N2CC3(C2)[C@@H](COCC2CC2)CCS3(=O)=O)no1. The van der Waals surface area contributed by atoms with Gasteiger partial charge in [-0.1, -0.05) is 5.16 Å². The molecule has 1 saturated carbocycles. The van der Waals surface area contributed by atoms with Crippen molar-refractivity contribution in [1.29, 1.82) is 0 Å². The van der Waals surface area contributed by atoms with E-state index in [1.54, 1.807) is 17.9 Å². The zero-order valence-corrected chi connectivity index (χ0v) is 14.5. The molecule has 0 radical (unpaired) electrons. The van der Waals surface area contributed by atoms with Crippen LogP contribution in [0.4, 0.5) is 0 Å². The molecule has 1 spiro atoms. The van der Waals surface area contributed by atoms with Gasteiger partial charge in [0, 0.05) is 31.7 Å². The van der Waals surface area contributed by atoms with E-state index in [0.717, 1.165) is 6.61 Å². The summed E-state index contributed by atoms with van der Waals surface area (Å²) in [6.07, 6.45) is 3.05. The van der Waals surface area contributed by atoms with Gasteiger partial charge >= 0.3 is 0 Å². The van der Waals surface area contributed by atoms with E-state index >= 15 is 0 Å². The highest BCUT2D eigenvalue weighted by Crippen LogP contribution is 2.45. The molecule has 1 aliphatic carbocycles. The van der Waals surface area contributed by atoms with Crippen molar-refractivity contribution in [3.8, 4) is 0 Å². The molecule has 24 heavy (non-hydrogen) atoms. The molecule has 1 atom stereocenters. The van der Waals surface area contributed by atoms with Crippen molar-refractivity contribution in [3.63, 3.8) is 0 Å². The van der Waals surface area contributed by atoms with Gasteiger partial charge in [0.2, 0.25) is 0 Å². The van der Waals surface area contributed by atoms with Crippen LogP contribution in [0.2, 0.25) is 0 Å². The maximum atomic E-state index is 12.6. The number of amides is 1. The maximum Gasteiger partial charge on any atom is 0.276 e. The summed E-state index contributed by atoms with van der Waals surface area (Å²) in [5.74, 6) is 1.12. The van der Waals surface area contributed by atoms with Crippen LogP contribution in [0.3, 0.4) is 0 Å². The van der Waals surface area contributed by atoms with Crippen LogP contribution in [0, 0.1) is 18.8 Å². The summed E-state index contributed by atoms with van der Waals surface area (Å²) < 4.78 is 35.0. The molecule has 0 bridgehead atoms. The van der Waals surface area contributed by atoms with E-state index in [2.05, 4.69) is 5.16 Å². The predicted octanol–water partition coefficient (Wildman–Crippen LogP) is 1.04. The van der Waals surface area contributed by atoms with Crippen LogP contribution in [0.5, 0.6) is 0 Å². The van der Waals surface area contributed by atoms with E-state index < -0.39 is 14.6 Å². The fourth-order valence-corrected chi connectivity index (χ4v) is 6.14. The molecule has 8 heteroatoms. The third-order valence-electron chi connectivity index (χ3n) is 5.52. The second kappa shape index (κ2) is 5.56. The molecule has 2 saturated heterocycles. The third-order valence-corrected chi connectivity index (χ3v) is 8.12. The second-order valence-corrected chi connectivity index (χ2v) is 9.78. The molecular weight excluding hydrogens is 332 g/mol. The van der Waals surface area contributed by atoms with E-state index in [1.807, 2.05) is 0 Å². The van der Waals surface area contributed by atoms with E-state index in [0.29, 0.717) is 24.7 Å². The Labute approximate surface area is 141 Å². The minimum atomic E-state index is -3.20. The molecule has 3 fully saturated rings. The van der Waals surface area contributed by atoms with Crippen LogP contribution in [0.1, 0.15) is 35.5 Å². The second-order valence-electron chi connectivity index (χ2n) is 7.33. The van der Waals surface area contributed by atoms with Crippen molar-refractivity contribution in [3.05, 3.63) is 17.5 Å². The summed E-state index contributed by atoms with van der Waals surface area (Å²) in [5.41, 5.74) is 0.235. The van der Waals surface area contributed by atoms with Crippen LogP contribution in [-0.2, 0) is 14.6 Å². The number of hydrogen-bond donors (Lipinski definition) is 0. The highest BCUT2D eigenvalue weighted by atomic mass is 32.2. The summed E-state index contributed by atoms with van der Waals surface area (Å²) in [7, 11) is -3.20. The standard InChI is InChI=1S/C16H22N2O5S/c1-11-6-14(17-23-11)15(19)18-9-16(10-18)13(4-5-24(16,20)21)8-22-7-12-2-3-12/h6,12-13H,2-5,7-10H2,1H3/t13-/m1/s1. The Kier molecular flexibility index (Phi) is 3.72. The van der Waals surface area contributed by atoms with Gasteiger partial charge in [-0.3, -0.25) is 4.79 Å². The van der Waals surface area contributed by atoms with Crippen LogP contribution >= 0.6 is 0 Å². The molecule has 132 valence electrons. The highest BCUT2D eigenvalue weighted by Gasteiger charge is 2.62. The molecule has 7 nitrogen and oxygen atoms in total. The molecule has 4 rings (SSSR count). The number of aromatic nitrogens is 1. The average Bonchev–Trinajstić information content (AvgIpc) is 3.14. The first-order chi connectivity index (χ1) is 11.4. The largest absolute Gasteiger partial charge is 0.381 e. The van der Waals surface area contributed by atoms with Gasteiger partial charge in [-0.25, -0.2) is 8.42 Å². The number of likely N-dealkylation sites (tertiary alicyclic amines) is 1. The number of sulfone groups is 1. The summed E-state index contributed by atoms with van der Waals surface area (Å²) in [4.78, 5) is 13.9. The molecule has 0 unspecified atom stereocenters. The lowest BCUT2D eigenvalue weighted by atomic mass is 9.83. The minimum Gasteiger partial charge on any atom is -0.381 e. The fraction of sp³-hybridized carbons (Fsp3) is 0.750. The molecule has 2 aliphatic heterocycles. The van der Waals surface area contributed by atoms with E-state index in [9.17, 15) is 13.2 Å². The first-order valence-electron chi connectivity index (χ1n) is 8.44. The zero-order valence-electron chi connectivity index (χ0n) is 13.7. The average molecular weight is 354 g/mol. The molecule has 0 N–H and O–H groups in total. The Bertz CT molecular complexity index is 746. The Balaban J connectivity index is 1.43. The van der Waals surface area contributed by atoms with Crippen LogP contribution < -0.4 is 0 Å². The van der Waals surface area contributed by atoms with Crippen molar-refractivity contribution in [2.45, 2.75) is 30.9 Å². The van der Waals surface area contributed by atoms with Crippen LogP contribution in [0.25, 0.3) is 0 Å². The van der Waals surface area contributed by atoms with Gasteiger partial charge in [-0.2, -0.15) is 0 Å². The summed E-state index contributed by atoms with van der Waals surface area (Å²) in [5, 5.41) is 3.72. The highest BCUT2D eigenvalue weighted by molar-refractivity contribution is 7.93. The molecule has 3 heterocycles. The van der Waals surface area contributed by atoms with Crippen molar-refractivity contribution >= 4 is 15.7 Å². The Morgan fingerprint density at radius 1 is 1.38 bits per heavy atom. The number of hydrogen-bond acceptors (Lipinski definition) is 6. The molecule has 0 aromatic carbocycles. The quantitative estimate of drug-likeness (QED) is 0.785. The first-order valence-corrected chi connectivity index (χ1v) is 10.1. The van der Waals surface area contributed by atoms with Crippen LogP contribution in [0.15, 0.2) is 10.6 Å². The first kappa shape index (κ1) is 16.1. The van der Waals surface area contributed by atoms with Gasteiger partial charge < -0.3 is 14.2 Å². The molecule has 1 aromatic rings. The molecule has 1 amide bonds. The van der Waals surface area contributed by atoms with Gasteiger partial charge in [0.1, 0.15) is 10.5 Å². The smallest absolute Gasteiger partial charge is 0.276 e. The Morgan fingerprint density at radius 3 is 2.75 bits per heavy atom. The maximum absolute atomic E-state index is 12.6. The predicted molar refractivity (Wildman–Crippen MR) is 85.3 cm³/mol. The zero-order chi connectivity index (χ0) is 16.9. The summed E-state index contributed by atoms with van der Waals surface area (Å²) in [6, 6.07) is 1.58. The van der Waals surface area contributed by atoms with Gasteiger partial charge in [0.05, 0.1) is 12.4 Å². The molecule has 1 aromatic heterocycles. The normalized spacial score (nSPS) is 27.4. The fourth-order valence-electron chi connectivity index (χ4n) is 3.74. The number of carbonyl (C=O) groups is 1. The van der Waals surface area contributed by atoms with E-state index in [1.165, 1.54) is 12.8 Å². The number of carbonyl (C=O) groups excluding carboxylic acids is 1. The lowest BCUT2D eigenvalue weighted by Gasteiger charge is -2.49. The van der Waals surface area contributed by atoms with Gasteiger partial charge in [0.25, 0.3) is 5.91 Å². The minimum absolute atomic E-state index is 0.0238. The Morgan fingerprint density at radius 2 is 2.12 bits per heavy atom. The van der Waals surface area contributed by atoms with Crippen LogP contribution in [-0.4, -0.2) is 61.2 Å². The molecular formula is C16H22N2O5S. The van der Waals surface area contributed by atoms with Crippen molar-refractivity contribution < 1.29 is 22.5 Å². The van der Waals surface area contributed by atoms with Crippen molar-refractivity contribution in [2.24, 2.45) is 11.8 Å². The van der Waals surface area contributed by atoms with E-state index in [-0.39, 0.29) is 36.4 Å². The lowest BCUT2D eigenvalue weighted by Crippen LogP contribution is -2.68. The van der Waals surface area contributed by atoms with Gasteiger partial charge in [0.15, 0.2) is 15.5 Å². The number of nitrogens with zero attached hydrogens (tertiary/aromatic N) is 2. The third kappa shape index (κ3) is 2.56. The topological polar surface area (TPSA) is 89.7 Å². The monoisotopic (exact) mass is 354 g/mol. The van der Waals surface area contributed by atoms with Crippen molar-refractivity contribution in [2.75, 3.05) is 32.1 Å². The molecule has 3 aliphatic rings. The lowest BCUT2D eigenvalue weighted by molar-refractivity contribution is 0.0222. The van der Waals surface area contributed by atoms with Gasteiger partial charge in [-0.05, 0) is 32.1 Å². The Hall–Kier alpha value is -1.41. The van der Waals surface area contributed by atoms with E-state index in [4.69, 9.17) is 9.26 Å². The van der Waals surface area contributed by atoms with Gasteiger partial charge in [-0.15, -0.1) is 0 Å². The summed E-state index contributed by atoms with van der Waals surface area (Å²) in [6.45, 7) is 3.39.